The van der Waals surface area contributed by atoms with Gasteiger partial charge in [-0.1, -0.05) is 36.9 Å². The van der Waals surface area contributed by atoms with Crippen LogP contribution in [0.1, 0.15) is 11.1 Å². The van der Waals surface area contributed by atoms with Crippen LogP contribution in [-0.4, -0.2) is 19.3 Å². The average Bonchev–Trinajstić information content (AvgIpc) is 3.03. The van der Waals surface area contributed by atoms with E-state index in [1.54, 1.807) is 0 Å². The van der Waals surface area contributed by atoms with Gasteiger partial charge in [0.25, 0.3) is 0 Å². The number of ether oxygens (including phenoxy) is 2. The highest BCUT2D eigenvalue weighted by atomic mass is 16.6. The van der Waals surface area contributed by atoms with E-state index in [0.717, 1.165) is 12.2 Å². The molecule has 0 aromatic heterocycles. The summed E-state index contributed by atoms with van der Waals surface area (Å²) in [7, 11) is 0. The van der Waals surface area contributed by atoms with Gasteiger partial charge in [-0.3, -0.25) is 0 Å². The standard InChI is InChI=1S/C12H14O2/c1-2-10-3-5-11(6-4-10)7-13-8-12-9-14-12/h2-6,12H,1,7-9H2. The van der Waals surface area contributed by atoms with Crippen LogP contribution in [0.5, 0.6) is 0 Å². The third-order valence-corrected chi connectivity index (χ3v) is 2.19. The van der Waals surface area contributed by atoms with Crippen molar-refractivity contribution in [2.45, 2.75) is 12.7 Å². The molecule has 2 rings (SSSR count). The Labute approximate surface area is 84.2 Å². The van der Waals surface area contributed by atoms with Crippen LogP contribution >= 0.6 is 0 Å². The van der Waals surface area contributed by atoms with Crippen LogP contribution in [0.25, 0.3) is 6.08 Å². The normalized spacial score (nSPS) is 19.3. The zero-order valence-electron chi connectivity index (χ0n) is 8.11. The lowest BCUT2D eigenvalue weighted by Crippen LogP contribution is -2.01. The first-order valence-corrected chi connectivity index (χ1v) is 4.79. The minimum absolute atomic E-state index is 0.349. The number of hydrogen-bond donors (Lipinski definition) is 0. The minimum atomic E-state index is 0.349. The number of benzene rings is 1. The largest absolute Gasteiger partial charge is 0.374 e. The first kappa shape index (κ1) is 9.44. The molecule has 0 N–H and O–H groups in total. The van der Waals surface area contributed by atoms with Crippen LogP contribution in [0.15, 0.2) is 30.8 Å². The second-order valence-corrected chi connectivity index (χ2v) is 3.42. The van der Waals surface area contributed by atoms with Gasteiger partial charge in [-0.25, -0.2) is 0 Å². The number of rotatable bonds is 5. The van der Waals surface area contributed by atoms with Gasteiger partial charge in [0.15, 0.2) is 0 Å². The van der Waals surface area contributed by atoms with Crippen molar-refractivity contribution in [3.63, 3.8) is 0 Å². The van der Waals surface area contributed by atoms with Crippen molar-refractivity contribution >= 4 is 6.08 Å². The molecule has 1 heterocycles. The molecule has 2 heteroatoms. The third kappa shape index (κ3) is 2.69. The molecule has 1 aliphatic rings. The molecule has 0 aliphatic carbocycles. The molecule has 0 bridgehead atoms. The van der Waals surface area contributed by atoms with Gasteiger partial charge in [0, 0.05) is 0 Å². The predicted molar refractivity (Wildman–Crippen MR) is 55.9 cm³/mol. The molecule has 14 heavy (non-hydrogen) atoms. The van der Waals surface area contributed by atoms with Gasteiger partial charge < -0.3 is 9.47 Å². The van der Waals surface area contributed by atoms with E-state index in [9.17, 15) is 0 Å². The van der Waals surface area contributed by atoms with Gasteiger partial charge in [-0.05, 0) is 11.1 Å². The summed E-state index contributed by atoms with van der Waals surface area (Å²) >= 11 is 0. The van der Waals surface area contributed by atoms with E-state index in [0.29, 0.717) is 19.3 Å². The van der Waals surface area contributed by atoms with Crippen LogP contribution in [0.4, 0.5) is 0 Å². The summed E-state index contributed by atoms with van der Waals surface area (Å²) in [4.78, 5) is 0. The highest BCUT2D eigenvalue weighted by molar-refractivity contribution is 5.47. The highest BCUT2D eigenvalue weighted by Gasteiger charge is 2.21. The van der Waals surface area contributed by atoms with E-state index in [-0.39, 0.29) is 0 Å². The van der Waals surface area contributed by atoms with Gasteiger partial charge in [0.1, 0.15) is 6.10 Å². The molecule has 74 valence electrons. The van der Waals surface area contributed by atoms with Crippen LogP contribution in [0.2, 0.25) is 0 Å². The lowest BCUT2D eigenvalue weighted by Gasteiger charge is -2.02. The highest BCUT2D eigenvalue weighted by Crippen LogP contribution is 2.11. The lowest BCUT2D eigenvalue weighted by atomic mass is 10.1. The van der Waals surface area contributed by atoms with Crippen molar-refractivity contribution < 1.29 is 9.47 Å². The molecule has 0 spiro atoms. The van der Waals surface area contributed by atoms with Crippen molar-refractivity contribution in [2.75, 3.05) is 13.2 Å². The van der Waals surface area contributed by atoms with E-state index in [4.69, 9.17) is 9.47 Å². The molecule has 1 aromatic rings. The monoisotopic (exact) mass is 190 g/mol. The maximum Gasteiger partial charge on any atom is 0.104 e. The Morgan fingerprint density at radius 3 is 2.71 bits per heavy atom. The Balaban J connectivity index is 1.79. The smallest absolute Gasteiger partial charge is 0.104 e. The predicted octanol–water partition coefficient (Wildman–Crippen LogP) is 2.25. The van der Waals surface area contributed by atoms with Crippen molar-refractivity contribution in [3.8, 4) is 0 Å². The van der Waals surface area contributed by atoms with Crippen molar-refractivity contribution in [1.29, 1.82) is 0 Å². The average molecular weight is 190 g/mol. The molecule has 1 unspecified atom stereocenters. The minimum Gasteiger partial charge on any atom is -0.374 e. The van der Waals surface area contributed by atoms with Crippen LogP contribution in [-0.2, 0) is 16.1 Å². The van der Waals surface area contributed by atoms with Crippen LogP contribution in [0.3, 0.4) is 0 Å². The second-order valence-electron chi connectivity index (χ2n) is 3.42. The molecule has 1 fully saturated rings. The summed E-state index contributed by atoms with van der Waals surface area (Å²) in [5.41, 5.74) is 2.33. The quantitative estimate of drug-likeness (QED) is 0.664. The van der Waals surface area contributed by atoms with Gasteiger partial charge in [-0.15, -0.1) is 0 Å². The molecule has 1 aromatic carbocycles. The lowest BCUT2D eigenvalue weighted by molar-refractivity contribution is 0.104. The van der Waals surface area contributed by atoms with Crippen LogP contribution < -0.4 is 0 Å². The fraction of sp³-hybridized carbons (Fsp3) is 0.333. The first-order chi connectivity index (χ1) is 6.88. The van der Waals surface area contributed by atoms with Gasteiger partial charge in [0.05, 0.1) is 19.8 Å². The Morgan fingerprint density at radius 1 is 1.43 bits per heavy atom. The summed E-state index contributed by atoms with van der Waals surface area (Å²) in [5.74, 6) is 0. The molecule has 0 amide bonds. The summed E-state index contributed by atoms with van der Waals surface area (Å²) in [5, 5.41) is 0. The molecular formula is C12H14O2. The Morgan fingerprint density at radius 2 is 2.14 bits per heavy atom. The van der Waals surface area contributed by atoms with Crippen molar-refractivity contribution in [3.05, 3.63) is 42.0 Å². The van der Waals surface area contributed by atoms with E-state index in [1.165, 1.54) is 5.56 Å². The van der Waals surface area contributed by atoms with E-state index < -0.39 is 0 Å². The van der Waals surface area contributed by atoms with Gasteiger partial charge in [-0.2, -0.15) is 0 Å². The van der Waals surface area contributed by atoms with Crippen molar-refractivity contribution in [2.24, 2.45) is 0 Å². The van der Waals surface area contributed by atoms with E-state index in [1.807, 2.05) is 18.2 Å². The van der Waals surface area contributed by atoms with Crippen LogP contribution in [0, 0.1) is 0 Å². The van der Waals surface area contributed by atoms with E-state index in [2.05, 4.69) is 18.7 Å². The maximum atomic E-state index is 5.47. The summed E-state index contributed by atoms with van der Waals surface area (Å²) in [6.07, 6.45) is 2.19. The Hall–Kier alpha value is -1.12. The zero-order chi connectivity index (χ0) is 9.80. The molecule has 1 aliphatic heterocycles. The van der Waals surface area contributed by atoms with Crippen molar-refractivity contribution in [1.82, 2.24) is 0 Å². The molecule has 0 radical (unpaired) electrons. The van der Waals surface area contributed by atoms with Gasteiger partial charge >= 0.3 is 0 Å². The fourth-order valence-electron chi connectivity index (χ4n) is 1.22. The molecule has 1 atom stereocenters. The first-order valence-electron chi connectivity index (χ1n) is 4.79. The molecule has 1 saturated heterocycles. The fourth-order valence-corrected chi connectivity index (χ4v) is 1.22. The number of hydrogen-bond acceptors (Lipinski definition) is 2. The maximum absolute atomic E-state index is 5.47. The molecular weight excluding hydrogens is 176 g/mol. The Bertz CT molecular complexity index is 299. The molecule has 2 nitrogen and oxygen atoms in total. The van der Waals surface area contributed by atoms with E-state index >= 15 is 0 Å². The molecule has 0 saturated carbocycles. The Kier molecular flexibility index (Phi) is 2.96. The topological polar surface area (TPSA) is 21.8 Å². The second kappa shape index (κ2) is 4.40. The van der Waals surface area contributed by atoms with Gasteiger partial charge in [0.2, 0.25) is 0 Å². The zero-order valence-corrected chi connectivity index (χ0v) is 8.11. The summed E-state index contributed by atoms with van der Waals surface area (Å²) < 4.78 is 10.5. The summed E-state index contributed by atoms with van der Waals surface area (Å²) in [6.45, 7) is 5.94. The third-order valence-electron chi connectivity index (χ3n) is 2.19. The number of epoxide rings is 1. The summed E-state index contributed by atoms with van der Waals surface area (Å²) in [6, 6.07) is 8.20. The SMILES string of the molecule is C=Cc1ccc(COCC2CO2)cc1.